The zero-order valence-corrected chi connectivity index (χ0v) is 15.1. The van der Waals surface area contributed by atoms with Gasteiger partial charge in [-0.2, -0.15) is 0 Å². The second-order valence-electron chi connectivity index (χ2n) is 6.62. The van der Waals surface area contributed by atoms with E-state index in [1.807, 2.05) is 55.1 Å². The lowest BCUT2D eigenvalue weighted by Crippen LogP contribution is -2.44. The van der Waals surface area contributed by atoms with Gasteiger partial charge in [0.05, 0.1) is 5.69 Å². The zero-order valence-electron chi connectivity index (χ0n) is 15.1. The third-order valence-corrected chi connectivity index (χ3v) is 4.79. The molecule has 0 saturated heterocycles. The SMILES string of the molecule is CC(=O)N(CC(=O)N1CCCc2ccccc21)c1c(C)cccc1C. The van der Waals surface area contributed by atoms with Gasteiger partial charge in [-0.15, -0.1) is 0 Å². The molecule has 2 amide bonds. The first-order valence-corrected chi connectivity index (χ1v) is 8.71. The van der Waals surface area contributed by atoms with Crippen LogP contribution in [0.4, 0.5) is 11.4 Å². The Labute approximate surface area is 149 Å². The molecule has 2 aromatic rings. The van der Waals surface area contributed by atoms with Gasteiger partial charge in [-0.1, -0.05) is 36.4 Å². The van der Waals surface area contributed by atoms with Crippen LogP contribution in [0.2, 0.25) is 0 Å². The highest BCUT2D eigenvalue weighted by molar-refractivity contribution is 6.04. The van der Waals surface area contributed by atoms with E-state index in [-0.39, 0.29) is 18.4 Å². The van der Waals surface area contributed by atoms with Gasteiger partial charge in [0.25, 0.3) is 0 Å². The molecule has 4 nitrogen and oxygen atoms in total. The number of carbonyl (C=O) groups excluding carboxylic acids is 2. The summed E-state index contributed by atoms with van der Waals surface area (Å²) >= 11 is 0. The van der Waals surface area contributed by atoms with Gasteiger partial charge in [-0.05, 0) is 49.4 Å². The summed E-state index contributed by atoms with van der Waals surface area (Å²) in [6.45, 7) is 6.23. The van der Waals surface area contributed by atoms with Crippen molar-refractivity contribution >= 4 is 23.2 Å². The fraction of sp³-hybridized carbons (Fsp3) is 0.333. The maximum absolute atomic E-state index is 13.0. The number of fused-ring (bicyclic) bond motifs is 1. The monoisotopic (exact) mass is 336 g/mol. The lowest BCUT2D eigenvalue weighted by Gasteiger charge is -2.32. The van der Waals surface area contributed by atoms with Gasteiger partial charge >= 0.3 is 0 Å². The number of benzene rings is 2. The van der Waals surface area contributed by atoms with Crippen LogP contribution in [-0.4, -0.2) is 24.9 Å². The molecule has 1 aliphatic rings. The average molecular weight is 336 g/mol. The number of rotatable bonds is 3. The number of carbonyl (C=O) groups is 2. The quantitative estimate of drug-likeness (QED) is 0.859. The number of anilines is 2. The Bertz CT molecular complexity index is 793. The van der Waals surface area contributed by atoms with Crippen molar-refractivity contribution in [2.75, 3.05) is 22.9 Å². The molecule has 0 N–H and O–H groups in total. The molecule has 0 unspecified atom stereocenters. The third kappa shape index (κ3) is 3.43. The van der Waals surface area contributed by atoms with Crippen LogP contribution in [0, 0.1) is 13.8 Å². The first-order valence-electron chi connectivity index (χ1n) is 8.71. The molecule has 0 aliphatic carbocycles. The molecule has 0 saturated carbocycles. The van der Waals surface area contributed by atoms with Gasteiger partial charge in [-0.3, -0.25) is 9.59 Å². The van der Waals surface area contributed by atoms with Crippen LogP contribution in [0.25, 0.3) is 0 Å². The Hall–Kier alpha value is -2.62. The van der Waals surface area contributed by atoms with Gasteiger partial charge < -0.3 is 9.80 Å². The highest BCUT2D eigenvalue weighted by atomic mass is 16.2. The van der Waals surface area contributed by atoms with Crippen molar-refractivity contribution in [3.63, 3.8) is 0 Å². The van der Waals surface area contributed by atoms with Crippen molar-refractivity contribution in [1.29, 1.82) is 0 Å². The minimum atomic E-state index is -0.115. The van der Waals surface area contributed by atoms with Crippen molar-refractivity contribution in [3.05, 3.63) is 59.2 Å². The molecule has 0 aromatic heterocycles. The number of hydrogen-bond donors (Lipinski definition) is 0. The maximum Gasteiger partial charge on any atom is 0.247 e. The molecule has 0 fully saturated rings. The predicted molar refractivity (Wildman–Crippen MR) is 101 cm³/mol. The van der Waals surface area contributed by atoms with E-state index in [4.69, 9.17) is 0 Å². The molecular formula is C21H24N2O2. The Balaban J connectivity index is 1.89. The predicted octanol–water partition coefficient (Wildman–Crippen LogP) is 3.64. The largest absolute Gasteiger partial charge is 0.311 e. The summed E-state index contributed by atoms with van der Waals surface area (Å²) in [5, 5.41) is 0. The van der Waals surface area contributed by atoms with Crippen LogP contribution in [0.1, 0.15) is 30.0 Å². The second-order valence-corrected chi connectivity index (χ2v) is 6.62. The van der Waals surface area contributed by atoms with Crippen molar-refractivity contribution < 1.29 is 9.59 Å². The summed E-state index contributed by atoms with van der Waals surface area (Å²) in [5.41, 5.74) is 5.02. The summed E-state index contributed by atoms with van der Waals surface area (Å²) in [6, 6.07) is 13.9. The lowest BCUT2D eigenvalue weighted by atomic mass is 10.0. The zero-order chi connectivity index (χ0) is 18.0. The summed E-state index contributed by atoms with van der Waals surface area (Å²) in [6.07, 6.45) is 1.94. The topological polar surface area (TPSA) is 40.6 Å². The highest BCUT2D eigenvalue weighted by Crippen LogP contribution is 2.28. The first-order chi connectivity index (χ1) is 12.0. The molecule has 0 atom stereocenters. The Morgan fingerprint density at radius 3 is 2.40 bits per heavy atom. The van der Waals surface area contributed by atoms with Crippen LogP contribution in [0.15, 0.2) is 42.5 Å². The normalized spacial score (nSPS) is 13.3. The van der Waals surface area contributed by atoms with Gasteiger partial charge in [0.15, 0.2) is 0 Å². The minimum absolute atomic E-state index is 0.0370. The molecule has 1 heterocycles. The molecule has 0 spiro atoms. The number of nitrogens with zero attached hydrogens (tertiary/aromatic N) is 2. The van der Waals surface area contributed by atoms with Gasteiger partial charge in [0.1, 0.15) is 6.54 Å². The standard InChI is InChI=1S/C21H24N2O2/c1-15-8-6-9-16(2)21(15)23(17(3)24)14-20(25)22-13-7-11-18-10-4-5-12-19(18)22/h4-6,8-10,12H,7,11,13-14H2,1-3H3. The fourth-order valence-electron chi connectivity index (χ4n) is 3.59. The third-order valence-electron chi connectivity index (χ3n) is 4.79. The molecule has 2 aromatic carbocycles. The summed E-state index contributed by atoms with van der Waals surface area (Å²) in [4.78, 5) is 28.7. The number of hydrogen-bond acceptors (Lipinski definition) is 2. The Morgan fingerprint density at radius 1 is 1.04 bits per heavy atom. The van der Waals surface area contributed by atoms with E-state index in [1.54, 1.807) is 4.90 Å². The van der Waals surface area contributed by atoms with Crippen molar-refractivity contribution in [3.8, 4) is 0 Å². The number of para-hydroxylation sites is 2. The van der Waals surface area contributed by atoms with E-state index in [2.05, 4.69) is 6.07 Å². The van der Waals surface area contributed by atoms with Gasteiger partial charge in [0, 0.05) is 19.2 Å². The summed E-state index contributed by atoms with van der Waals surface area (Å²) in [5.74, 6) is -0.152. The first kappa shape index (κ1) is 17.2. The van der Waals surface area contributed by atoms with Gasteiger partial charge in [-0.25, -0.2) is 0 Å². The number of aryl methyl sites for hydroxylation is 3. The smallest absolute Gasteiger partial charge is 0.247 e. The van der Waals surface area contributed by atoms with E-state index >= 15 is 0 Å². The van der Waals surface area contributed by atoms with E-state index in [1.165, 1.54) is 12.5 Å². The van der Waals surface area contributed by atoms with E-state index < -0.39 is 0 Å². The highest BCUT2D eigenvalue weighted by Gasteiger charge is 2.26. The lowest BCUT2D eigenvalue weighted by molar-refractivity contribution is -0.121. The molecule has 130 valence electrons. The van der Waals surface area contributed by atoms with Crippen LogP contribution < -0.4 is 9.80 Å². The van der Waals surface area contributed by atoms with Crippen molar-refractivity contribution in [2.45, 2.75) is 33.6 Å². The van der Waals surface area contributed by atoms with Crippen LogP contribution in [0.5, 0.6) is 0 Å². The van der Waals surface area contributed by atoms with Gasteiger partial charge in [0.2, 0.25) is 11.8 Å². The van der Waals surface area contributed by atoms with Crippen LogP contribution in [-0.2, 0) is 16.0 Å². The molecular weight excluding hydrogens is 312 g/mol. The number of amides is 2. The molecule has 25 heavy (non-hydrogen) atoms. The average Bonchev–Trinajstić information content (AvgIpc) is 2.59. The summed E-state index contributed by atoms with van der Waals surface area (Å²) < 4.78 is 0. The molecule has 4 heteroatoms. The molecule has 1 aliphatic heterocycles. The van der Waals surface area contributed by atoms with Crippen LogP contribution >= 0.6 is 0 Å². The second kappa shape index (κ2) is 7.09. The van der Waals surface area contributed by atoms with E-state index in [0.29, 0.717) is 6.54 Å². The summed E-state index contributed by atoms with van der Waals surface area (Å²) in [7, 11) is 0. The Morgan fingerprint density at radius 2 is 1.72 bits per heavy atom. The van der Waals surface area contributed by atoms with E-state index in [9.17, 15) is 9.59 Å². The van der Waals surface area contributed by atoms with Crippen molar-refractivity contribution in [1.82, 2.24) is 0 Å². The fourth-order valence-corrected chi connectivity index (χ4v) is 3.59. The minimum Gasteiger partial charge on any atom is -0.311 e. The van der Waals surface area contributed by atoms with E-state index in [0.717, 1.165) is 35.3 Å². The van der Waals surface area contributed by atoms with Crippen LogP contribution in [0.3, 0.4) is 0 Å². The molecule has 3 rings (SSSR count). The maximum atomic E-state index is 13.0. The van der Waals surface area contributed by atoms with Crippen molar-refractivity contribution in [2.24, 2.45) is 0 Å². The Kier molecular flexibility index (Phi) is 4.88. The molecule has 0 radical (unpaired) electrons. The molecule has 0 bridgehead atoms.